The van der Waals surface area contributed by atoms with E-state index in [9.17, 15) is 4.79 Å². The Morgan fingerprint density at radius 2 is 2.04 bits per heavy atom. The number of likely N-dealkylation sites (tertiary alicyclic amines) is 1. The zero-order valence-corrected chi connectivity index (χ0v) is 16.9. The minimum atomic E-state index is -0.000940. The molecule has 2 bridgehead atoms. The lowest BCUT2D eigenvalue weighted by Crippen LogP contribution is -2.60. The number of hydrogen-bond donors (Lipinski definition) is 0. The van der Waals surface area contributed by atoms with E-state index < -0.39 is 0 Å². The summed E-state index contributed by atoms with van der Waals surface area (Å²) in [5.74, 6) is 1.21. The summed E-state index contributed by atoms with van der Waals surface area (Å²) in [7, 11) is 0. The predicted octanol–water partition coefficient (Wildman–Crippen LogP) is 4.42. The Bertz CT molecular complexity index is 796. The van der Waals surface area contributed by atoms with Gasteiger partial charge in [-0.2, -0.15) is 0 Å². The van der Waals surface area contributed by atoms with Crippen molar-refractivity contribution in [3.05, 3.63) is 39.7 Å². The largest absolute Gasteiger partial charge is 0.332 e. The normalized spacial score (nSPS) is 33.1. The summed E-state index contributed by atoms with van der Waals surface area (Å²) in [6, 6.07) is 4.31. The van der Waals surface area contributed by atoms with Gasteiger partial charge in [0.05, 0.1) is 11.6 Å². The van der Waals surface area contributed by atoms with Crippen molar-refractivity contribution in [2.45, 2.75) is 50.6 Å². The molecule has 4 nitrogen and oxygen atoms in total. The summed E-state index contributed by atoms with van der Waals surface area (Å²) in [6.07, 6.45) is 9.91. The first kappa shape index (κ1) is 18.0. The number of rotatable bonds is 1. The first-order chi connectivity index (χ1) is 13.1. The van der Waals surface area contributed by atoms with Crippen LogP contribution >= 0.6 is 23.2 Å². The number of aromatic nitrogens is 1. The quantitative estimate of drug-likeness (QED) is 0.512. The van der Waals surface area contributed by atoms with Crippen molar-refractivity contribution in [3.8, 4) is 0 Å². The molecule has 4 heterocycles. The molecule has 27 heavy (non-hydrogen) atoms. The first-order valence-corrected chi connectivity index (χ1v) is 10.9. The van der Waals surface area contributed by atoms with Gasteiger partial charge < -0.3 is 4.90 Å². The number of piperidine rings is 3. The SMILES string of the molecule is O=C(c1ccc(Cl)nc1Cl)N1CCCC2=C[C@@H]3C[C@H](CN4CCCC[C@H]34)[C@@H]21. The molecule has 4 aliphatic rings. The molecule has 3 saturated heterocycles. The molecule has 0 unspecified atom stereocenters. The van der Waals surface area contributed by atoms with Crippen LogP contribution in [-0.2, 0) is 0 Å². The monoisotopic (exact) mass is 405 g/mol. The molecule has 3 fully saturated rings. The second-order valence-electron chi connectivity index (χ2n) is 8.48. The van der Waals surface area contributed by atoms with Crippen LogP contribution in [-0.4, -0.2) is 52.4 Å². The number of carbonyl (C=O) groups excluding carboxylic acids is 1. The van der Waals surface area contributed by atoms with Crippen LogP contribution in [0.4, 0.5) is 0 Å². The van der Waals surface area contributed by atoms with Crippen molar-refractivity contribution >= 4 is 29.1 Å². The van der Waals surface area contributed by atoms with Gasteiger partial charge in [0.2, 0.25) is 0 Å². The molecule has 5 rings (SSSR count). The molecule has 0 radical (unpaired) electrons. The average molecular weight is 406 g/mol. The molecule has 1 aromatic heterocycles. The highest BCUT2D eigenvalue weighted by molar-refractivity contribution is 6.34. The van der Waals surface area contributed by atoms with Gasteiger partial charge in [0, 0.05) is 19.1 Å². The van der Waals surface area contributed by atoms with E-state index in [1.165, 1.54) is 37.8 Å². The van der Waals surface area contributed by atoms with Gasteiger partial charge in [0.1, 0.15) is 10.3 Å². The van der Waals surface area contributed by atoms with Crippen LogP contribution in [0.3, 0.4) is 0 Å². The zero-order valence-electron chi connectivity index (χ0n) is 15.4. The molecule has 1 aliphatic carbocycles. The molecular formula is C21H25Cl2N3O. The second kappa shape index (κ2) is 7.06. The summed E-state index contributed by atoms with van der Waals surface area (Å²) < 4.78 is 0. The van der Waals surface area contributed by atoms with Gasteiger partial charge in [-0.1, -0.05) is 41.3 Å². The van der Waals surface area contributed by atoms with Crippen LogP contribution < -0.4 is 0 Å². The minimum absolute atomic E-state index is 0.000940. The van der Waals surface area contributed by atoms with Crippen molar-refractivity contribution in [2.24, 2.45) is 11.8 Å². The molecule has 4 atom stereocenters. The van der Waals surface area contributed by atoms with Gasteiger partial charge in [-0.3, -0.25) is 9.69 Å². The fourth-order valence-electron chi connectivity index (χ4n) is 5.93. The summed E-state index contributed by atoms with van der Waals surface area (Å²) in [4.78, 5) is 22.2. The van der Waals surface area contributed by atoms with Gasteiger partial charge in [0.25, 0.3) is 5.91 Å². The highest BCUT2D eigenvalue weighted by Crippen LogP contribution is 2.45. The minimum Gasteiger partial charge on any atom is -0.332 e. The number of fused-ring (bicyclic) bond motifs is 6. The van der Waals surface area contributed by atoms with E-state index in [0.717, 1.165) is 32.0 Å². The second-order valence-corrected chi connectivity index (χ2v) is 9.22. The standard InChI is InChI=1S/C21H25Cl2N3O/c22-18-7-6-16(20(23)24-18)21(27)26-9-3-4-13-10-14-11-15(19(13)26)12-25-8-2-1-5-17(14)25/h6-7,10,14-15,17,19H,1-5,8-9,11-12H2/t14-,15-,17-,19-/m1/s1. The maximum absolute atomic E-state index is 13.3. The fraction of sp³-hybridized carbons (Fsp3) is 0.619. The maximum Gasteiger partial charge on any atom is 0.257 e. The summed E-state index contributed by atoms with van der Waals surface area (Å²) >= 11 is 12.2. The number of pyridine rings is 1. The molecule has 144 valence electrons. The topological polar surface area (TPSA) is 36.4 Å². The molecule has 6 heteroatoms. The van der Waals surface area contributed by atoms with Crippen LogP contribution in [0.5, 0.6) is 0 Å². The number of hydrogen-bond acceptors (Lipinski definition) is 3. The molecule has 0 spiro atoms. The van der Waals surface area contributed by atoms with Crippen LogP contribution in [0.15, 0.2) is 23.8 Å². The van der Waals surface area contributed by atoms with E-state index in [0.29, 0.717) is 22.6 Å². The summed E-state index contributed by atoms with van der Waals surface area (Å²) in [5.41, 5.74) is 1.95. The molecule has 0 aromatic carbocycles. The molecule has 0 N–H and O–H groups in total. The summed E-state index contributed by atoms with van der Waals surface area (Å²) in [5, 5.41) is 0.525. The van der Waals surface area contributed by atoms with Crippen molar-refractivity contribution < 1.29 is 4.79 Å². The van der Waals surface area contributed by atoms with E-state index in [4.69, 9.17) is 23.2 Å². The molecule has 1 aromatic rings. The highest BCUT2D eigenvalue weighted by atomic mass is 35.5. The van der Waals surface area contributed by atoms with Gasteiger partial charge in [-0.05, 0) is 62.6 Å². The third-order valence-corrected chi connectivity index (χ3v) is 7.46. The zero-order chi connectivity index (χ0) is 18.5. The lowest BCUT2D eigenvalue weighted by Gasteiger charge is -2.54. The third-order valence-electron chi connectivity index (χ3n) is 6.96. The lowest BCUT2D eigenvalue weighted by molar-refractivity contribution is 0.00147. The Morgan fingerprint density at radius 1 is 1.15 bits per heavy atom. The Morgan fingerprint density at radius 3 is 2.89 bits per heavy atom. The Labute approximate surface area is 170 Å². The van der Waals surface area contributed by atoms with E-state index in [1.54, 1.807) is 12.1 Å². The first-order valence-electron chi connectivity index (χ1n) is 10.2. The van der Waals surface area contributed by atoms with Crippen molar-refractivity contribution in [1.29, 1.82) is 0 Å². The Hall–Kier alpha value is -1.10. The van der Waals surface area contributed by atoms with Gasteiger partial charge in [-0.15, -0.1) is 0 Å². The van der Waals surface area contributed by atoms with Crippen molar-refractivity contribution in [1.82, 2.24) is 14.8 Å². The third kappa shape index (κ3) is 3.10. The van der Waals surface area contributed by atoms with Gasteiger partial charge >= 0.3 is 0 Å². The highest BCUT2D eigenvalue weighted by Gasteiger charge is 2.47. The van der Waals surface area contributed by atoms with Crippen LogP contribution in [0.1, 0.15) is 48.9 Å². The van der Waals surface area contributed by atoms with Crippen molar-refractivity contribution in [3.63, 3.8) is 0 Å². The fourth-order valence-corrected chi connectivity index (χ4v) is 6.35. The number of amides is 1. The van der Waals surface area contributed by atoms with E-state index in [-0.39, 0.29) is 17.1 Å². The predicted molar refractivity (Wildman–Crippen MR) is 107 cm³/mol. The van der Waals surface area contributed by atoms with Crippen LogP contribution in [0, 0.1) is 11.8 Å². The summed E-state index contributed by atoms with van der Waals surface area (Å²) in [6.45, 7) is 3.14. The lowest BCUT2D eigenvalue weighted by atomic mass is 9.68. The number of nitrogens with zero attached hydrogens (tertiary/aromatic N) is 3. The average Bonchev–Trinajstić information content (AvgIpc) is 2.67. The molecule has 3 aliphatic heterocycles. The van der Waals surface area contributed by atoms with E-state index >= 15 is 0 Å². The molecule has 1 amide bonds. The number of carbonyl (C=O) groups is 1. The molecule has 0 saturated carbocycles. The Kier molecular flexibility index (Phi) is 4.69. The maximum atomic E-state index is 13.3. The van der Waals surface area contributed by atoms with E-state index in [2.05, 4.69) is 20.9 Å². The molecular weight excluding hydrogens is 381 g/mol. The Balaban J connectivity index is 1.47. The van der Waals surface area contributed by atoms with Crippen LogP contribution in [0.2, 0.25) is 10.3 Å². The van der Waals surface area contributed by atoms with Crippen molar-refractivity contribution in [2.75, 3.05) is 19.6 Å². The van der Waals surface area contributed by atoms with Crippen LogP contribution in [0.25, 0.3) is 0 Å². The number of halogens is 2. The smallest absolute Gasteiger partial charge is 0.257 e. The van der Waals surface area contributed by atoms with Gasteiger partial charge in [0.15, 0.2) is 0 Å². The van der Waals surface area contributed by atoms with Gasteiger partial charge in [-0.25, -0.2) is 4.98 Å². The van der Waals surface area contributed by atoms with E-state index in [1.807, 2.05) is 0 Å².